The molecule has 0 bridgehead atoms. The molecule has 0 radical (unpaired) electrons. The average molecular weight is 497 g/mol. The number of carbonyl (C=O) groups is 1. The second-order valence-corrected chi connectivity index (χ2v) is 8.78. The fourth-order valence-corrected chi connectivity index (χ4v) is 4.38. The van der Waals surface area contributed by atoms with E-state index >= 15 is 0 Å². The summed E-state index contributed by atoms with van der Waals surface area (Å²) >= 11 is 1.56. The van der Waals surface area contributed by atoms with E-state index < -0.39 is 18.0 Å². The summed E-state index contributed by atoms with van der Waals surface area (Å²) in [5.41, 5.74) is 1.77. The van der Waals surface area contributed by atoms with Crippen molar-refractivity contribution in [1.29, 1.82) is 0 Å². The van der Waals surface area contributed by atoms with Crippen LogP contribution in [0.15, 0.2) is 49.2 Å². The van der Waals surface area contributed by atoms with Crippen LogP contribution in [-0.2, 0) is 6.54 Å². The fourth-order valence-electron chi connectivity index (χ4n) is 3.51. The van der Waals surface area contributed by atoms with Crippen LogP contribution < -0.4 is 10.1 Å². The van der Waals surface area contributed by atoms with Crippen LogP contribution in [0.2, 0.25) is 0 Å². The normalized spacial score (nSPS) is 11.3. The van der Waals surface area contributed by atoms with Crippen LogP contribution in [0.3, 0.4) is 0 Å². The second kappa shape index (κ2) is 9.18. The molecular weight excluding hydrogens is 478 g/mol. The summed E-state index contributed by atoms with van der Waals surface area (Å²) in [6.07, 6.45) is 4.52. The number of hydrogen-bond acceptors (Lipinski definition) is 8. The number of hydrogen-bond donors (Lipinski definition) is 1. The van der Waals surface area contributed by atoms with Crippen molar-refractivity contribution in [1.82, 2.24) is 39.7 Å². The zero-order chi connectivity index (χ0) is 24.5. The van der Waals surface area contributed by atoms with Crippen molar-refractivity contribution in [2.75, 3.05) is 7.11 Å². The summed E-state index contributed by atoms with van der Waals surface area (Å²) in [6.45, 7) is 2.14. The number of rotatable bonds is 7. The fraction of sp³-hybridized carbons (Fsp3) is 0.182. The molecule has 178 valence electrons. The van der Waals surface area contributed by atoms with Crippen molar-refractivity contribution in [2.24, 2.45) is 0 Å². The summed E-state index contributed by atoms with van der Waals surface area (Å²) in [5, 5.41) is 10.3. The highest BCUT2D eigenvalue weighted by Gasteiger charge is 2.22. The molecule has 35 heavy (non-hydrogen) atoms. The monoisotopic (exact) mass is 496 g/mol. The highest BCUT2D eigenvalue weighted by molar-refractivity contribution is 7.15. The van der Waals surface area contributed by atoms with Gasteiger partial charge in [-0.15, -0.1) is 16.4 Å². The highest BCUT2D eigenvalue weighted by Crippen LogP contribution is 2.31. The van der Waals surface area contributed by atoms with E-state index in [1.165, 1.54) is 25.6 Å². The number of pyridine rings is 1. The lowest BCUT2D eigenvalue weighted by Gasteiger charge is -2.12. The minimum Gasteiger partial charge on any atom is -0.467 e. The van der Waals surface area contributed by atoms with Crippen molar-refractivity contribution in [3.63, 3.8) is 0 Å². The van der Waals surface area contributed by atoms with E-state index in [1.807, 2.05) is 19.1 Å². The number of methoxy groups -OCH3 is 1. The second-order valence-electron chi connectivity index (χ2n) is 7.49. The van der Waals surface area contributed by atoms with Gasteiger partial charge in [0.05, 0.1) is 35.6 Å². The summed E-state index contributed by atoms with van der Waals surface area (Å²) in [6, 6.07) is 5.60. The van der Waals surface area contributed by atoms with Gasteiger partial charge in [0.1, 0.15) is 11.4 Å². The van der Waals surface area contributed by atoms with Gasteiger partial charge in [0.2, 0.25) is 0 Å². The number of aromatic nitrogens is 7. The molecule has 0 aromatic carbocycles. The Hall–Kier alpha value is -4.26. The molecule has 5 heterocycles. The van der Waals surface area contributed by atoms with E-state index in [4.69, 9.17) is 4.74 Å². The van der Waals surface area contributed by atoms with Gasteiger partial charge < -0.3 is 10.1 Å². The summed E-state index contributed by atoms with van der Waals surface area (Å²) in [7, 11) is 1.46. The molecule has 1 N–H and O–H groups in total. The number of ether oxygens (including phenoxy) is 1. The number of halogens is 2. The predicted octanol–water partition coefficient (Wildman–Crippen LogP) is 3.62. The summed E-state index contributed by atoms with van der Waals surface area (Å²) in [4.78, 5) is 27.6. The lowest BCUT2D eigenvalue weighted by molar-refractivity contribution is 0.0950. The molecule has 0 saturated heterocycles. The third-order valence-electron chi connectivity index (χ3n) is 5.19. The summed E-state index contributed by atoms with van der Waals surface area (Å²) < 4.78 is 34.9. The Morgan fingerprint density at radius 2 is 1.97 bits per heavy atom. The first-order valence-electron chi connectivity index (χ1n) is 10.3. The van der Waals surface area contributed by atoms with E-state index in [1.54, 1.807) is 28.1 Å². The lowest BCUT2D eigenvalue weighted by atomic mass is 10.2. The van der Waals surface area contributed by atoms with Gasteiger partial charge in [-0.1, -0.05) is 5.21 Å². The first-order valence-corrected chi connectivity index (χ1v) is 11.2. The molecule has 0 atom stereocenters. The maximum absolute atomic E-state index is 13.6. The molecular formula is C22H18F2N8O2S. The maximum Gasteiger partial charge on any atom is 0.316 e. The standard InChI is InChI=1S/C22H18F2N8O2S/c1-12-3-4-18(35-12)16-9-25-20-15(32-17(19(23)24)10-29-30-32)5-14(11-31(16)20)21(33)26-6-13-7-27-22(34-2)28-8-13/h3-5,7-11,19H,6H2,1-2H3,(H,26,33). The minimum atomic E-state index is -2.81. The largest absolute Gasteiger partial charge is 0.467 e. The van der Waals surface area contributed by atoms with Crippen molar-refractivity contribution < 1.29 is 18.3 Å². The number of amides is 1. The van der Waals surface area contributed by atoms with Crippen LogP contribution in [0.4, 0.5) is 8.78 Å². The zero-order valence-corrected chi connectivity index (χ0v) is 19.3. The van der Waals surface area contributed by atoms with E-state index in [2.05, 4.69) is 30.6 Å². The Bertz CT molecular complexity index is 1510. The Morgan fingerprint density at radius 1 is 1.17 bits per heavy atom. The van der Waals surface area contributed by atoms with Crippen molar-refractivity contribution in [3.05, 3.63) is 70.9 Å². The minimum absolute atomic E-state index is 0.155. The zero-order valence-electron chi connectivity index (χ0n) is 18.5. The first kappa shape index (κ1) is 22.5. The molecule has 0 fully saturated rings. The topological polar surface area (TPSA) is 112 Å². The first-order chi connectivity index (χ1) is 16.9. The van der Waals surface area contributed by atoms with Crippen LogP contribution in [0, 0.1) is 6.92 Å². The molecule has 5 rings (SSSR count). The Kier molecular flexibility index (Phi) is 5.91. The van der Waals surface area contributed by atoms with Crippen LogP contribution in [0.5, 0.6) is 6.01 Å². The van der Waals surface area contributed by atoms with Crippen molar-refractivity contribution >= 4 is 22.9 Å². The molecule has 0 aliphatic heterocycles. The predicted molar refractivity (Wildman–Crippen MR) is 123 cm³/mol. The molecule has 5 aromatic rings. The van der Waals surface area contributed by atoms with Crippen LogP contribution in [0.25, 0.3) is 21.9 Å². The van der Waals surface area contributed by atoms with E-state index in [9.17, 15) is 13.6 Å². The molecule has 13 heteroatoms. The Balaban J connectivity index is 1.57. The number of thiophene rings is 1. The van der Waals surface area contributed by atoms with E-state index in [-0.39, 0.29) is 23.8 Å². The Labute approximate surface area is 201 Å². The van der Waals surface area contributed by atoms with Gasteiger partial charge in [-0.3, -0.25) is 9.20 Å². The smallest absolute Gasteiger partial charge is 0.316 e. The van der Waals surface area contributed by atoms with Gasteiger partial charge in [-0.05, 0) is 25.1 Å². The third kappa shape index (κ3) is 4.33. The number of fused-ring (bicyclic) bond motifs is 1. The van der Waals surface area contributed by atoms with Gasteiger partial charge >= 0.3 is 6.01 Å². The summed E-state index contributed by atoms with van der Waals surface area (Å²) in [5.74, 6) is -0.426. The number of carbonyl (C=O) groups excluding carboxylic acids is 1. The molecule has 0 unspecified atom stereocenters. The molecule has 10 nitrogen and oxygen atoms in total. The van der Waals surface area contributed by atoms with Gasteiger partial charge in [-0.25, -0.2) is 28.4 Å². The third-order valence-corrected chi connectivity index (χ3v) is 6.21. The van der Waals surface area contributed by atoms with Crippen molar-refractivity contribution in [3.8, 4) is 22.3 Å². The van der Waals surface area contributed by atoms with E-state index in [0.717, 1.165) is 26.3 Å². The quantitative estimate of drug-likeness (QED) is 0.366. The van der Waals surface area contributed by atoms with Gasteiger partial charge in [0, 0.05) is 35.6 Å². The number of nitrogens with zero attached hydrogens (tertiary/aromatic N) is 7. The highest BCUT2D eigenvalue weighted by atomic mass is 32.1. The van der Waals surface area contributed by atoms with Gasteiger partial charge in [-0.2, -0.15) is 0 Å². The molecule has 0 spiro atoms. The van der Waals surface area contributed by atoms with E-state index in [0.29, 0.717) is 11.2 Å². The van der Waals surface area contributed by atoms with Crippen LogP contribution >= 0.6 is 11.3 Å². The maximum atomic E-state index is 13.6. The van der Waals surface area contributed by atoms with Crippen LogP contribution in [-0.4, -0.2) is 47.4 Å². The van der Waals surface area contributed by atoms with Crippen molar-refractivity contribution in [2.45, 2.75) is 19.9 Å². The van der Waals surface area contributed by atoms with Crippen LogP contribution in [0.1, 0.15) is 32.9 Å². The number of imidazole rings is 1. The number of aryl methyl sites for hydroxylation is 1. The Morgan fingerprint density at radius 3 is 2.66 bits per heavy atom. The SMILES string of the molecule is COc1ncc(CNC(=O)c2cc(-n3nncc3C(F)F)c3ncc(-c4ccc(C)s4)n3c2)cn1. The average Bonchev–Trinajstić information content (AvgIpc) is 3.61. The molecule has 1 amide bonds. The molecule has 0 aliphatic rings. The van der Waals surface area contributed by atoms with Gasteiger partial charge in [0.15, 0.2) is 5.65 Å². The molecule has 0 saturated carbocycles. The molecule has 5 aromatic heterocycles. The number of nitrogens with one attached hydrogen (secondary N) is 1. The lowest BCUT2D eigenvalue weighted by Crippen LogP contribution is -2.24. The number of alkyl halides is 2. The van der Waals surface area contributed by atoms with Gasteiger partial charge in [0.25, 0.3) is 12.3 Å². The molecule has 0 aliphatic carbocycles.